The molecule has 124 valence electrons. The molecule has 2 heterocycles. The van der Waals surface area contributed by atoms with Crippen molar-refractivity contribution in [2.45, 2.75) is 46.1 Å². The first-order valence-electron chi connectivity index (χ1n) is 8.34. The molecule has 0 aliphatic heterocycles. The summed E-state index contributed by atoms with van der Waals surface area (Å²) >= 11 is 1.65. The van der Waals surface area contributed by atoms with Crippen LogP contribution in [-0.4, -0.2) is 9.38 Å². The number of aromatic nitrogens is 2. The van der Waals surface area contributed by atoms with E-state index in [0.29, 0.717) is 12.3 Å². The zero-order chi connectivity index (χ0) is 16.7. The molecule has 0 N–H and O–H groups in total. The van der Waals surface area contributed by atoms with Gasteiger partial charge >= 0.3 is 0 Å². The van der Waals surface area contributed by atoms with Gasteiger partial charge in [0.15, 0.2) is 4.96 Å². The van der Waals surface area contributed by atoms with Gasteiger partial charge in [-0.2, -0.15) is 0 Å². The minimum atomic E-state index is 0.0124. The molecular weight excluding hydrogens is 320 g/mol. The van der Waals surface area contributed by atoms with Crippen LogP contribution >= 0.6 is 11.3 Å². The maximum atomic E-state index is 12.5. The highest BCUT2D eigenvalue weighted by molar-refractivity contribution is 7.17. The van der Waals surface area contributed by atoms with Crippen molar-refractivity contribution >= 4 is 16.3 Å². The summed E-state index contributed by atoms with van der Waals surface area (Å²) in [7, 11) is 0. The summed E-state index contributed by atoms with van der Waals surface area (Å²) < 4.78 is 7.64. The van der Waals surface area contributed by atoms with Gasteiger partial charge in [0, 0.05) is 16.6 Å². The summed E-state index contributed by atoms with van der Waals surface area (Å²) in [6.45, 7) is 4.41. The van der Waals surface area contributed by atoms with Gasteiger partial charge in [-0.15, -0.1) is 11.3 Å². The Morgan fingerprint density at radius 3 is 2.67 bits per heavy atom. The van der Waals surface area contributed by atoms with Crippen LogP contribution < -0.4 is 10.3 Å². The molecule has 0 bridgehead atoms. The van der Waals surface area contributed by atoms with Crippen molar-refractivity contribution in [2.75, 3.05) is 0 Å². The lowest BCUT2D eigenvalue weighted by atomic mass is 10.0. The van der Waals surface area contributed by atoms with Gasteiger partial charge in [-0.3, -0.25) is 9.20 Å². The van der Waals surface area contributed by atoms with E-state index in [1.165, 1.54) is 28.1 Å². The monoisotopic (exact) mass is 340 g/mol. The lowest BCUT2D eigenvalue weighted by Crippen LogP contribution is -2.18. The van der Waals surface area contributed by atoms with Crippen molar-refractivity contribution in [3.8, 4) is 5.75 Å². The van der Waals surface area contributed by atoms with Crippen molar-refractivity contribution in [3.63, 3.8) is 0 Å². The summed E-state index contributed by atoms with van der Waals surface area (Å²) in [5, 5.41) is 0. The van der Waals surface area contributed by atoms with Gasteiger partial charge in [-0.25, -0.2) is 4.98 Å². The normalized spacial score (nSPS) is 13.9. The molecule has 0 fully saturated rings. The third-order valence-corrected chi connectivity index (χ3v) is 5.54. The number of fused-ring (bicyclic) bond motifs is 3. The van der Waals surface area contributed by atoms with Crippen LogP contribution in [-0.2, 0) is 19.4 Å². The highest BCUT2D eigenvalue weighted by atomic mass is 32.1. The standard InChI is InChI=1S/C19H20N2O2S/c1-12-7-13(2)9-15(8-12)23-11-14-10-18(22)21-16-5-3-4-6-17(16)24-19(21)20-14/h7-10H,3-6,11H2,1-2H3. The predicted molar refractivity (Wildman–Crippen MR) is 96.2 cm³/mol. The summed E-state index contributed by atoms with van der Waals surface area (Å²) in [6.07, 6.45) is 4.41. The van der Waals surface area contributed by atoms with Gasteiger partial charge < -0.3 is 4.74 Å². The van der Waals surface area contributed by atoms with Crippen LogP contribution in [0.15, 0.2) is 29.1 Å². The Kier molecular flexibility index (Phi) is 3.88. The first-order chi connectivity index (χ1) is 11.6. The van der Waals surface area contributed by atoms with Crippen molar-refractivity contribution < 1.29 is 4.74 Å². The third kappa shape index (κ3) is 2.84. The van der Waals surface area contributed by atoms with Crippen LogP contribution in [0.3, 0.4) is 0 Å². The second kappa shape index (κ2) is 6.06. The van der Waals surface area contributed by atoms with E-state index in [1.54, 1.807) is 21.8 Å². The van der Waals surface area contributed by atoms with Crippen LogP contribution in [0.2, 0.25) is 0 Å². The molecule has 0 radical (unpaired) electrons. The number of thiazole rings is 1. The zero-order valence-electron chi connectivity index (χ0n) is 14.0. The Balaban J connectivity index is 1.64. The quantitative estimate of drug-likeness (QED) is 0.728. The number of ether oxygens (including phenoxy) is 1. The molecule has 2 aromatic heterocycles. The topological polar surface area (TPSA) is 43.6 Å². The van der Waals surface area contributed by atoms with Crippen LogP contribution in [0.5, 0.6) is 5.75 Å². The molecule has 4 rings (SSSR count). The summed E-state index contributed by atoms with van der Waals surface area (Å²) in [5.74, 6) is 0.819. The highest BCUT2D eigenvalue weighted by Gasteiger charge is 2.18. The van der Waals surface area contributed by atoms with E-state index in [4.69, 9.17) is 4.74 Å². The minimum Gasteiger partial charge on any atom is -0.487 e. The molecule has 0 spiro atoms. The Hall–Kier alpha value is -2.14. The lowest BCUT2D eigenvalue weighted by molar-refractivity contribution is 0.301. The fraction of sp³-hybridized carbons (Fsp3) is 0.368. The summed E-state index contributed by atoms with van der Waals surface area (Å²) in [5.41, 5.74) is 4.20. The molecule has 4 nitrogen and oxygen atoms in total. The Bertz CT molecular complexity index is 951. The molecule has 0 saturated heterocycles. The third-order valence-electron chi connectivity index (χ3n) is 4.40. The highest BCUT2D eigenvalue weighted by Crippen LogP contribution is 2.28. The molecular formula is C19H20N2O2S. The van der Waals surface area contributed by atoms with E-state index in [-0.39, 0.29) is 5.56 Å². The van der Waals surface area contributed by atoms with Gasteiger partial charge in [-0.05, 0) is 62.8 Å². The minimum absolute atomic E-state index is 0.0124. The number of benzene rings is 1. The van der Waals surface area contributed by atoms with Crippen LogP contribution in [0, 0.1) is 13.8 Å². The van der Waals surface area contributed by atoms with Gasteiger partial charge in [0.2, 0.25) is 0 Å². The molecule has 3 aromatic rings. The maximum absolute atomic E-state index is 12.5. The van der Waals surface area contributed by atoms with Crippen LogP contribution in [0.25, 0.3) is 4.96 Å². The molecule has 0 amide bonds. The van der Waals surface area contributed by atoms with Crippen molar-refractivity contribution in [1.29, 1.82) is 0 Å². The Morgan fingerprint density at radius 1 is 1.12 bits per heavy atom. The van der Waals surface area contributed by atoms with Gasteiger partial charge in [-0.1, -0.05) is 6.07 Å². The fourth-order valence-corrected chi connectivity index (χ4v) is 4.62. The first kappa shape index (κ1) is 15.4. The Labute approximate surface area is 144 Å². The fourth-order valence-electron chi connectivity index (χ4n) is 3.39. The predicted octanol–water partition coefficient (Wildman–Crippen LogP) is 3.83. The average molecular weight is 340 g/mol. The number of nitrogens with zero attached hydrogens (tertiary/aromatic N) is 2. The number of hydrogen-bond acceptors (Lipinski definition) is 4. The van der Waals surface area contributed by atoms with E-state index in [1.807, 2.05) is 26.0 Å². The van der Waals surface area contributed by atoms with E-state index in [2.05, 4.69) is 11.1 Å². The van der Waals surface area contributed by atoms with Crippen molar-refractivity contribution in [2.24, 2.45) is 0 Å². The Morgan fingerprint density at radius 2 is 1.88 bits per heavy atom. The van der Waals surface area contributed by atoms with Crippen molar-refractivity contribution in [3.05, 3.63) is 62.0 Å². The van der Waals surface area contributed by atoms with E-state index < -0.39 is 0 Å². The van der Waals surface area contributed by atoms with Crippen molar-refractivity contribution in [1.82, 2.24) is 9.38 Å². The number of hydrogen-bond donors (Lipinski definition) is 0. The first-order valence-corrected chi connectivity index (χ1v) is 9.16. The molecule has 1 aliphatic carbocycles. The molecule has 24 heavy (non-hydrogen) atoms. The van der Waals surface area contributed by atoms with Crippen LogP contribution in [0.4, 0.5) is 0 Å². The van der Waals surface area contributed by atoms with E-state index in [9.17, 15) is 4.79 Å². The van der Waals surface area contributed by atoms with Gasteiger partial charge in [0.25, 0.3) is 5.56 Å². The number of rotatable bonds is 3. The van der Waals surface area contributed by atoms with Gasteiger partial charge in [0.05, 0.1) is 5.69 Å². The van der Waals surface area contributed by atoms with E-state index >= 15 is 0 Å². The zero-order valence-corrected chi connectivity index (χ0v) is 14.8. The SMILES string of the molecule is Cc1cc(C)cc(OCc2cc(=O)n3c4c(sc3n2)CCCC4)c1. The average Bonchev–Trinajstić information content (AvgIpc) is 2.91. The molecule has 1 aromatic carbocycles. The second-order valence-corrected chi connectivity index (χ2v) is 7.56. The summed E-state index contributed by atoms with van der Waals surface area (Å²) in [6, 6.07) is 7.72. The molecule has 5 heteroatoms. The van der Waals surface area contributed by atoms with Gasteiger partial charge in [0.1, 0.15) is 12.4 Å². The second-order valence-electron chi connectivity index (χ2n) is 6.49. The molecule has 0 atom stereocenters. The van der Waals surface area contributed by atoms with E-state index in [0.717, 1.165) is 30.0 Å². The van der Waals surface area contributed by atoms with Crippen LogP contribution in [0.1, 0.15) is 40.2 Å². The largest absolute Gasteiger partial charge is 0.487 e. The summed E-state index contributed by atoms with van der Waals surface area (Å²) in [4.78, 5) is 19.3. The molecule has 0 unspecified atom stereocenters. The molecule has 1 aliphatic rings. The molecule has 0 saturated carbocycles. The lowest BCUT2D eigenvalue weighted by Gasteiger charge is -2.10. The number of aryl methyl sites for hydroxylation is 4. The smallest absolute Gasteiger partial charge is 0.259 e. The maximum Gasteiger partial charge on any atom is 0.259 e.